The van der Waals surface area contributed by atoms with Crippen LogP contribution in [0.25, 0.3) is 0 Å². The van der Waals surface area contributed by atoms with Crippen LogP contribution >= 0.6 is 0 Å². The van der Waals surface area contributed by atoms with Gasteiger partial charge in [0.15, 0.2) is 0 Å². The molecule has 1 N–H and O–H groups in total. The van der Waals surface area contributed by atoms with Crippen LogP contribution in [0, 0.1) is 5.82 Å². The smallest absolute Gasteiger partial charge is 0.416 e. The predicted molar refractivity (Wildman–Crippen MR) is 108 cm³/mol. The van der Waals surface area contributed by atoms with Crippen LogP contribution in [-0.4, -0.2) is 43.4 Å². The van der Waals surface area contributed by atoms with Crippen LogP contribution in [0.2, 0.25) is 0 Å². The number of rotatable bonds is 6. The van der Waals surface area contributed by atoms with Gasteiger partial charge in [-0.15, -0.1) is 0 Å². The minimum Gasteiger partial charge on any atom is -0.486 e. The van der Waals surface area contributed by atoms with E-state index in [9.17, 15) is 17.6 Å². The van der Waals surface area contributed by atoms with Gasteiger partial charge in [-0.05, 0) is 42.7 Å². The van der Waals surface area contributed by atoms with Gasteiger partial charge >= 0.3 is 6.18 Å². The second-order valence-corrected chi connectivity index (χ2v) is 8.22. The number of nitrogens with zero attached hydrogens (tertiary/aromatic N) is 1. The molecule has 4 rings (SSSR count). The number of likely N-dealkylation sites (tertiary alicyclic amines) is 1. The molecule has 168 valence electrons. The van der Waals surface area contributed by atoms with Gasteiger partial charge in [-0.2, -0.15) is 13.2 Å². The second kappa shape index (κ2) is 9.14. The van der Waals surface area contributed by atoms with Gasteiger partial charge in [-0.25, -0.2) is 4.39 Å². The van der Waals surface area contributed by atoms with Gasteiger partial charge in [0.25, 0.3) is 0 Å². The summed E-state index contributed by atoms with van der Waals surface area (Å²) in [6, 6.07) is 10.9. The van der Waals surface area contributed by atoms with Crippen molar-refractivity contribution in [1.82, 2.24) is 10.2 Å². The number of ether oxygens (including phenoxy) is 2. The van der Waals surface area contributed by atoms with E-state index in [0.717, 1.165) is 44.6 Å². The predicted octanol–water partition coefficient (Wildman–Crippen LogP) is 4.77. The standard InChI is InChI=1S/C23H26F4N2O2/c24-19-5-2-6-20(14-19)31-21(17-3-1-4-18(13-17)23(25,26)27)7-10-29-11-8-22(9-12-29)15-28-16-30-22/h1-6,13-14,21,28H,7-12,15-16H2. The molecule has 1 atom stereocenters. The maximum Gasteiger partial charge on any atom is 0.416 e. The summed E-state index contributed by atoms with van der Waals surface area (Å²) in [5, 5.41) is 3.24. The third-order valence-electron chi connectivity index (χ3n) is 6.06. The average Bonchev–Trinajstić information content (AvgIpc) is 3.20. The number of benzene rings is 2. The van der Waals surface area contributed by atoms with E-state index in [2.05, 4.69) is 10.2 Å². The first-order valence-corrected chi connectivity index (χ1v) is 10.5. The molecule has 2 fully saturated rings. The molecule has 2 heterocycles. The number of nitrogens with one attached hydrogen (secondary N) is 1. The van der Waals surface area contributed by atoms with E-state index < -0.39 is 23.7 Å². The van der Waals surface area contributed by atoms with Crippen LogP contribution in [0.3, 0.4) is 0 Å². The molecule has 0 bridgehead atoms. The zero-order chi connectivity index (χ0) is 21.9. The van der Waals surface area contributed by atoms with Crippen molar-refractivity contribution in [3.63, 3.8) is 0 Å². The molecular formula is C23H26F4N2O2. The van der Waals surface area contributed by atoms with E-state index in [4.69, 9.17) is 9.47 Å². The Morgan fingerprint density at radius 3 is 2.55 bits per heavy atom. The fraction of sp³-hybridized carbons (Fsp3) is 0.478. The second-order valence-electron chi connectivity index (χ2n) is 8.22. The largest absolute Gasteiger partial charge is 0.486 e. The molecule has 4 nitrogen and oxygen atoms in total. The van der Waals surface area contributed by atoms with Gasteiger partial charge in [0.05, 0.1) is 17.9 Å². The van der Waals surface area contributed by atoms with Crippen LogP contribution < -0.4 is 10.1 Å². The molecule has 2 aromatic rings. The quantitative estimate of drug-likeness (QED) is 0.659. The van der Waals surface area contributed by atoms with Crippen LogP contribution in [0.5, 0.6) is 5.75 Å². The van der Waals surface area contributed by atoms with Crippen molar-refractivity contribution in [1.29, 1.82) is 0 Å². The lowest BCUT2D eigenvalue weighted by molar-refractivity contribution is -0.137. The summed E-state index contributed by atoms with van der Waals surface area (Å²) in [4.78, 5) is 2.28. The van der Waals surface area contributed by atoms with E-state index in [1.54, 1.807) is 12.1 Å². The van der Waals surface area contributed by atoms with Crippen molar-refractivity contribution >= 4 is 0 Å². The molecule has 31 heavy (non-hydrogen) atoms. The first-order valence-electron chi connectivity index (χ1n) is 10.5. The summed E-state index contributed by atoms with van der Waals surface area (Å²) < 4.78 is 65.1. The Hall–Kier alpha value is -2.16. The molecule has 2 aromatic carbocycles. The average molecular weight is 438 g/mol. The van der Waals surface area contributed by atoms with Crippen molar-refractivity contribution in [2.24, 2.45) is 0 Å². The van der Waals surface area contributed by atoms with Crippen LogP contribution in [-0.2, 0) is 10.9 Å². The van der Waals surface area contributed by atoms with Crippen LogP contribution in [0.15, 0.2) is 48.5 Å². The van der Waals surface area contributed by atoms with Gasteiger partial charge in [-0.1, -0.05) is 18.2 Å². The first kappa shape index (κ1) is 22.0. The Labute approximate surface area is 179 Å². The third-order valence-corrected chi connectivity index (χ3v) is 6.06. The summed E-state index contributed by atoms with van der Waals surface area (Å²) >= 11 is 0. The zero-order valence-electron chi connectivity index (χ0n) is 17.1. The minimum absolute atomic E-state index is 0.0883. The normalized spacial score (nSPS) is 20.1. The lowest BCUT2D eigenvalue weighted by Gasteiger charge is -2.38. The zero-order valence-corrected chi connectivity index (χ0v) is 17.1. The molecular weight excluding hydrogens is 412 g/mol. The van der Waals surface area contributed by atoms with Gasteiger partial charge < -0.3 is 14.4 Å². The van der Waals surface area contributed by atoms with Gasteiger partial charge in [-0.3, -0.25) is 5.32 Å². The highest BCUT2D eigenvalue weighted by molar-refractivity contribution is 5.29. The molecule has 0 saturated carbocycles. The first-order chi connectivity index (χ1) is 14.8. The van der Waals surface area contributed by atoms with Gasteiger partial charge in [0.1, 0.15) is 17.7 Å². The molecule has 2 saturated heterocycles. The number of alkyl halides is 3. The van der Waals surface area contributed by atoms with Crippen molar-refractivity contribution < 1.29 is 27.0 Å². The van der Waals surface area contributed by atoms with E-state index in [1.807, 2.05) is 0 Å². The van der Waals surface area contributed by atoms with E-state index in [1.165, 1.54) is 24.3 Å². The van der Waals surface area contributed by atoms with Crippen LogP contribution in [0.1, 0.15) is 36.5 Å². The monoisotopic (exact) mass is 438 g/mol. The van der Waals surface area contributed by atoms with Gasteiger partial charge in [0, 0.05) is 38.7 Å². The Kier molecular flexibility index (Phi) is 6.50. The Balaban J connectivity index is 1.46. The number of hydrogen-bond acceptors (Lipinski definition) is 4. The molecule has 1 unspecified atom stereocenters. The molecule has 0 aromatic heterocycles. The van der Waals surface area contributed by atoms with Crippen molar-refractivity contribution in [3.8, 4) is 5.75 Å². The molecule has 2 aliphatic heterocycles. The molecule has 8 heteroatoms. The highest BCUT2D eigenvalue weighted by atomic mass is 19.4. The summed E-state index contributed by atoms with van der Waals surface area (Å²) in [5.74, 6) is -0.155. The Morgan fingerprint density at radius 1 is 1.10 bits per heavy atom. The maximum atomic E-state index is 13.6. The third kappa shape index (κ3) is 5.56. The van der Waals surface area contributed by atoms with Crippen molar-refractivity contribution in [3.05, 3.63) is 65.5 Å². The van der Waals surface area contributed by atoms with Gasteiger partial charge in [0.2, 0.25) is 0 Å². The molecule has 0 radical (unpaired) electrons. The van der Waals surface area contributed by atoms with E-state index in [-0.39, 0.29) is 5.60 Å². The van der Waals surface area contributed by atoms with E-state index >= 15 is 0 Å². The number of piperidine rings is 1. The maximum absolute atomic E-state index is 13.6. The Morgan fingerprint density at radius 2 is 1.87 bits per heavy atom. The van der Waals surface area contributed by atoms with E-state index in [0.29, 0.717) is 31.0 Å². The summed E-state index contributed by atoms with van der Waals surface area (Å²) in [5.41, 5.74) is -0.380. The highest BCUT2D eigenvalue weighted by Gasteiger charge is 2.38. The summed E-state index contributed by atoms with van der Waals surface area (Å²) in [6.45, 7) is 3.82. The van der Waals surface area contributed by atoms with Crippen molar-refractivity contribution in [2.75, 3.05) is 32.9 Å². The summed E-state index contributed by atoms with van der Waals surface area (Å²) in [6.07, 6.45) is -2.73. The SMILES string of the molecule is Fc1cccc(OC(CCN2CCC3(CC2)CNCO3)c2cccc(C(F)(F)F)c2)c1. The van der Waals surface area contributed by atoms with Crippen molar-refractivity contribution in [2.45, 2.75) is 37.1 Å². The lowest BCUT2D eigenvalue weighted by atomic mass is 9.91. The Bertz CT molecular complexity index is 874. The van der Waals surface area contributed by atoms with Crippen LogP contribution in [0.4, 0.5) is 17.6 Å². The lowest BCUT2D eigenvalue weighted by Crippen LogP contribution is -2.46. The fourth-order valence-electron chi connectivity index (χ4n) is 4.25. The number of halogens is 4. The highest BCUT2D eigenvalue weighted by Crippen LogP contribution is 2.34. The number of hydrogen-bond donors (Lipinski definition) is 1. The fourth-order valence-corrected chi connectivity index (χ4v) is 4.25. The summed E-state index contributed by atoms with van der Waals surface area (Å²) in [7, 11) is 0. The topological polar surface area (TPSA) is 33.7 Å². The molecule has 2 aliphatic rings. The molecule has 0 aliphatic carbocycles. The molecule has 0 amide bonds. The minimum atomic E-state index is -4.43. The molecule has 1 spiro atoms.